The molecule has 0 bridgehead atoms. The fourth-order valence-electron chi connectivity index (χ4n) is 0.519. The number of carboxylic acids is 1. The summed E-state index contributed by atoms with van der Waals surface area (Å²) < 4.78 is 4.54. The van der Waals surface area contributed by atoms with Crippen LogP contribution in [-0.2, 0) is 14.3 Å². The number of hydrogen-bond donors (Lipinski definition) is 2. The van der Waals surface area contributed by atoms with Gasteiger partial charge in [0.25, 0.3) is 0 Å². The number of carboxylic acid groups (broad SMARTS) is 1. The molecule has 0 aliphatic rings. The maximum atomic E-state index is 10.7. The number of hydrogen-bond acceptors (Lipinski definition) is 4. The molecule has 0 fully saturated rings. The quantitative estimate of drug-likeness (QED) is 0.202. The predicted octanol–water partition coefficient (Wildman–Crippen LogP) is -0.607. The molecule has 2 N–H and O–H groups in total. The Bertz CT molecular complexity index is 274. The zero-order valence-corrected chi connectivity index (χ0v) is 7.58. The first-order chi connectivity index (χ1) is 6.66. The first-order valence-corrected chi connectivity index (χ1v) is 3.86. The molecular formula is C9H11NO4. The van der Waals surface area contributed by atoms with Gasteiger partial charge >= 0.3 is 11.9 Å². The number of ether oxygens (including phenoxy) is 1. The fourth-order valence-corrected chi connectivity index (χ4v) is 0.519. The molecule has 0 rings (SSSR count). The lowest BCUT2D eigenvalue weighted by molar-refractivity contribution is -0.136. The molecule has 0 unspecified atom stereocenters. The minimum absolute atomic E-state index is 0.121. The SMILES string of the molecule is C=CCOC(=O)C#CCNCC(=O)O. The van der Waals surface area contributed by atoms with Gasteiger partial charge in [-0.1, -0.05) is 18.6 Å². The molecule has 0 radical (unpaired) electrons. The van der Waals surface area contributed by atoms with E-state index < -0.39 is 11.9 Å². The Morgan fingerprint density at radius 3 is 2.86 bits per heavy atom. The monoisotopic (exact) mass is 197 g/mol. The Morgan fingerprint density at radius 2 is 2.29 bits per heavy atom. The van der Waals surface area contributed by atoms with Crippen LogP contribution in [0.3, 0.4) is 0 Å². The van der Waals surface area contributed by atoms with Gasteiger partial charge in [-0.15, -0.1) is 0 Å². The van der Waals surface area contributed by atoms with Gasteiger partial charge in [-0.2, -0.15) is 0 Å². The summed E-state index contributed by atoms with van der Waals surface area (Å²) in [5.74, 6) is 2.97. The van der Waals surface area contributed by atoms with E-state index in [9.17, 15) is 9.59 Å². The summed E-state index contributed by atoms with van der Waals surface area (Å²) in [6.45, 7) is 3.43. The number of rotatable bonds is 5. The second-order valence-electron chi connectivity index (χ2n) is 2.19. The molecule has 76 valence electrons. The molecule has 0 aromatic carbocycles. The molecule has 14 heavy (non-hydrogen) atoms. The van der Waals surface area contributed by atoms with Gasteiger partial charge in [0.2, 0.25) is 0 Å². The molecule has 0 aliphatic carbocycles. The van der Waals surface area contributed by atoms with Gasteiger partial charge in [0.15, 0.2) is 0 Å². The Kier molecular flexibility index (Phi) is 6.82. The third kappa shape index (κ3) is 8.30. The predicted molar refractivity (Wildman–Crippen MR) is 49.4 cm³/mol. The van der Waals surface area contributed by atoms with Crippen LogP contribution < -0.4 is 5.32 Å². The lowest BCUT2D eigenvalue weighted by atomic mass is 10.5. The molecule has 0 aromatic rings. The van der Waals surface area contributed by atoms with Crippen LogP contribution in [0.25, 0.3) is 0 Å². The van der Waals surface area contributed by atoms with Gasteiger partial charge < -0.3 is 9.84 Å². The maximum absolute atomic E-state index is 10.7. The number of esters is 1. The lowest BCUT2D eigenvalue weighted by Crippen LogP contribution is -2.22. The number of aliphatic carboxylic acids is 1. The van der Waals surface area contributed by atoms with Crippen molar-refractivity contribution >= 4 is 11.9 Å². The first-order valence-electron chi connectivity index (χ1n) is 3.86. The summed E-state index contributed by atoms with van der Waals surface area (Å²) in [7, 11) is 0. The van der Waals surface area contributed by atoms with Gasteiger partial charge in [-0.05, 0) is 0 Å². The van der Waals surface area contributed by atoms with E-state index in [2.05, 4.69) is 28.5 Å². The van der Waals surface area contributed by atoms with Crippen molar-refractivity contribution in [3.63, 3.8) is 0 Å². The highest BCUT2D eigenvalue weighted by Gasteiger charge is 1.93. The topological polar surface area (TPSA) is 75.6 Å². The summed E-state index contributed by atoms with van der Waals surface area (Å²) in [5, 5.41) is 10.7. The molecule has 5 heteroatoms. The molecule has 0 aliphatic heterocycles. The highest BCUT2D eigenvalue weighted by molar-refractivity contribution is 5.88. The Labute approximate surface area is 81.7 Å². The van der Waals surface area contributed by atoms with E-state index in [1.54, 1.807) is 0 Å². The van der Waals surface area contributed by atoms with E-state index in [4.69, 9.17) is 5.11 Å². The van der Waals surface area contributed by atoms with Crippen LogP contribution in [0.1, 0.15) is 0 Å². The molecule has 0 aromatic heterocycles. The van der Waals surface area contributed by atoms with Crippen LogP contribution in [0.15, 0.2) is 12.7 Å². The average Bonchev–Trinajstić information content (AvgIpc) is 2.13. The third-order valence-electron chi connectivity index (χ3n) is 1.01. The molecule has 0 heterocycles. The largest absolute Gasteiger partial charge is 0.480 e. The molecule has 0 amide bonds. The maximum Gasteiger partial charge on any atom is 0.384 e. The van der Waals surface area contributed by atoms with E-state index in [0.717, 1.165) is 0 Å². The lowest BCUT2D eigenvalue weighted by Gasteiger charge is -1.93. The van der Waals surface area contributed by atoms with Crippen molar-refractivity contribution < 1.29 is 19.4 Å². The van der Waals surface area contributed by atoms with E-state index in [1.165, 1.54) is 6.08 Å². The van der Waals surface area contributed by atoms with E-state index >= 15 is 0 Å². The molecule has 0 atom stereocenters. The van der Waals surface area contributed by atoms with Crippen LogP contribution in [0.5, 0.6) is 0 Å². The van der Waals surface area contributed by atoms with Crippen molar-refractivity contribution in [2.45, 2.75) is 0 Å². The van der Waals surface area contributed by atoms with E-state index in [1.807, 2.05) is 0 Å². The zero-order valence-electron chi connectivity index (χ0n) is 7.58. The first kappa shape index (κ1) is 12.2. The van der Waals surface area contributed by atoms with Crippen molar-refractivity contribution in [3.05, 3.63) is 12.7 Å². The van der Waals surface area contributed by atoms with Gasteiger partial charge in [-0.3, -0.25) is 10.1 Å². The van der Waals surface area contributed by atoms with Crippen molar-refractivity contribution in [2.75, 3.05) is 19.7 Å². The summed E-state index contributed by atoms with van der Waals surface area (Å²) in [5.41, 5.74) is 0. The van der Waals surface area contributed by atoms with Crippen molar-refractivity contribution in [1.29, 1.82) is 0 Å². The van der Waals surface area contributed by atoms with Gasteiger partial charge in [0.05, 0.1) is 13.1 Å². The zero-order chi connectivity index (χ0) is 10.8. The van der Waals surface area contributed by atoms with Crippen molar-refractivity contribution in [1.82, 2.24) is 5.32 Å². The minimum atomic E-state index is -0.971. The smallest absolute Gasteiger partial charge is 0.384 e. The third-order valence-corrected chi connectivity index (χ3v) is 1.01. The normalized spacial score (nSPS) is 8.29. The molecule has 5 nitrogen and oxygen atoms in total. The summed E-state index contributed by atoms with van der Waals surface area (Å²) in [6, 6.07) is 0. The highest BCUT2D eigenvalue weighted by Crippen LogP contribution is 1.75. The number of carbonyl (C=O) groups is 2. The van der Waals surface area contributed by atoms with Crippen molar-refractivity contribution in [2.24, 2.45) is 0 Å². The van der Waals surface area contributed by atoms with Gasteiger partial charge in [-0.25, -0.2) is 4.79 Å². The number of carbonyl (C=O) groups excluding carboxylic acids is 1. The van der Waals surface area contributed by atoms with E-state index in [0.29, 0.717) is 0 Å². The average molecular weight is 197 g/mol. The molecular weight excluding hydrogens is 186 g/mol. The number of nitrogens with one attached hydrogen (secondary N) is 1. The van der Waals surface area contributed by atoms with Crippen LogP contribution >= 0.6 is 0 Å². The van der Waals surface area contributed by atoms with Crippen molar-refractivity contribution in [3.8, 4) is 11.8 Å². The summed E-state index contributed by atoms with van der Waals surface area (Å²) in [6.07, 6.45) is 1.43. The molecule has 0 spiro atoms. The fraction of sp³-hybridized carbons (Fsp3) is 0.333. The van der Waals surface area contributed by atoms with Gasteiger partial charge in [0.1, 0.15) is 6.61 Å². The molecule has 0 saturated heterocycles. The second kappa shape index (κ2) is 7.83. The Hall–Kier alpha value is -1.80. The molecule has 0 saturated carbocycles. The van der Waals surface area contributed by atoms with Crippen LogP contribution in [0.4, 0.5) is 0 Å². The van der Waals surface area contributed by atoms with Crippen LogP contribution in [-0.4, -0.2) is 36.7 Å². The van der Waals surface area contributed by atoms with Crippen LogP contribution in [0, 0.1) is 11.8 Å². The summed E-state index contributed by atoms with van der Waals surface area (Å²) in [4.78, 5) is 20.7. The van der Waals surface area contributed by atoms with Gasteiger partial charge in [0, 0.05) is 5.92 Å². The van der Waals surface area contributed by atoms with E-state index in [-0.39, 0.29) is 19.7 Å². The highest BCUT2D eigenvalue weighted by atomic mass is 16.5. The minimum Gasteiger partial charge on any atom is -0.480 e. The standard InChI is InChI=1S/C9H11NO4/c1-2-6-14-9(13)4-3-5-10-7-8(11)12/h2,10H,1,5-7H2,(H,11,12). The van der Waals surface area contributed by atoms with Crippen LogP contribution in [0.2, 0.25) is 0 Å². The Morgan fingerprint density at radius 1 is 1.57 bits per heavy atom. The summed E-state index contributed by atoms with van der Waals surface area (Å²) >= 11 is 0. The second-order valence-corrected chi connectivity index (χ2v) is 2.19. The Balaban J connectivity index is 3.55.